The molecule has 0 atom stereocenters. The van der Waals surface area contributed by atoms with Crippen molar-refractivity contribution in [2.75, 3.05) is 31.9 Å². The number of nitrogen functional groups attached to an aromatic ring is 1. The van der Waals surface area contributed by atoms with E-state index >= 15 is 0 Å². The monoisotopic (exact) mass is 439 g/mol. The second-order valence-corrected chi connectivity index (χ2v) is 9.56. The van der Waals surface area contributed by atoms with Crippen molar-refractivity contribution in [1.82, 2.24) is 29.7 Å². The average molecular weight is 440 g/mol. The summed E-state index contributed by atoms with van der Waals surface area (Å²) in [5.41, 5.74) is 12.6. The summed E-state index contributed by atoms with van der Waals surface area (Å²) in [7, 11) is 0. The first-order chi connectivity index (χ1) is 16.1. The first-order valence-electron chi connectivity index (χ1n) is 11.7. The Bertz CT molecular complexity index is 1290. The van der Waals surface area contributed by atoms with Gasteiger partial charge in [-0.3, -0.25) is 9.47 Å². The summed E-state index contributed by atoms with van der Waals surface area (Å²) in [6.07, 6.45) is 4.32. The fourth-order valence-corrected chi connectivity index (χ4v) is 5.38. The number of pyridine rings is 2. The molecular formula is C26H29N7. The number of piperidine rings is 1. The van der Waals surface area contributed by atoms with Crippen LogP contribution in [0.1, 0.15) is 24.1 Å². The van der Waals surface area contributed by atoms with Crippen molar-refractivity contribution in [2.24, 2.45) is 5.41 Å². The van der Waals surface area contributed by atoms with E-state index in [2.05, 4.69) is 44.0 Å². The Morgan fingerprint density at radius 2 is 1.79 bits per heavy atom. The number of aromatic nitrogens is 4. The summed E-state index contributed by atoms with van der Waals surface area (Å²) in [5.74, 6) is 1.23. The van der Waals surface area contributed by atoms with Crippen molar-refractivity contribution in [2.45, 2.75) is 26.3 Å². The number of nitrogens with one attached hydrogen (secondary N) is 1. The van der Waals surface area contributed by atoms with Crippen LogP contribution in [-0.4, -0.2) is 50.6 Å². The highest BCUT2D eigenvalue weighted by Gasteiger charge is 2.42. The highest BCUT2D eigenvalue weighted by atomic mass is 15.2. The van der Waals surface area contributed by atoms with E-state index in [1.165, 1.54) is 44.6 Å². The summed E-state index contributed by atoms with van der Waals surface area (Å²) >= 11 is 0. The van der Waals surface area contributed by atoms with Gasteiger partial charge < -0.3 is 11.1 Å². The number of anilines is 1. The molecule has 1 spiro atoms. The third-order valence-corrected chi connectivity index (χ3v) is 7.11. The molecule has 5 heterocycles. The molecule has 7 nitrogen and oxygen atoms in total. The second kappa shape index (κ2) is 7.93. The zero-order valence-electron chi connectivity index (χ0n) is 19.0. The van der Waals surface area contributed by atoms with E-state index in [4.69, 9.17) is 15.7 Å². The quantitative estimate of drug-likeness (QED) is 0.506. The van der Waals surface area contributed by atoms with Gasteiger partial charge in [0.15, 0.2) is 11.5 Å². The van der Waals surface area contributed by atoms with Crippen molar-refractivity contribution in [3.05, 3.63) is 66.0 Å². The molecule has 7 heteroatoms. The largest absolute Gasteiger partial charge is 0.383 e. The van der Waals surface area contributed by atoms with Gasteiger partial charge in [0.25, 0.3) is 0 Å². The Hall–Kier alpha value is -3.29. The minimum absolute atomic E-state index is 0.465. The molecule has 2 aliphatic rings. The van der Waals surface area contributed by atoms with Gasteiger partial charge in [-0.25, -0.2) is 15.0 Å². The zero-order valence-corrected chi connectivity index (χ0v) is 19.0. The number of imidazole rings is 1. The van der Waals surface area contributed by atoms with Gasteiger partial charge in [-0.15, -0.1) is 0 Å². The molecule has 33 heavy (non-hydrogen) atoms. The standard InChI is InChI=1S/C26H29N7/c1-18-4-9-22-25(30-18)33(24(31-22)21-3-2-12-29-23(21)27)20-7-5-19(6-8-20)15-32-16-26(17-32)10-13-28-14-11-26/h2-9,12,28H,10-11,13-17H2,1H3,(H2,27,29). The average Bonchev–Trinajstić information content (AvgIpc) is 3.18. The van der Waals surface area contributed by atoms with Crippen LogP contribution >= 0.6 is 0 Å². The molecule has 0 bridgehead atoms. The van der Waals surface area contributed by atoms with Crippen molar-refractivity contribution < 1.29 is 0 Å². The molecule has 168 valence electrons. The van der Waals surface area contributed by atoms with Crippen LogP contribution in [0.15, 0.2) is 54.7 Å². The van der Waals surface area contributed by atoms with Crippen molar-refractivity contribution >= 4 is 17.0 Å². The molecule has 4 aromatic rings. The van der Waals surface area contributed by atoms with Crippen molar-refractivity contribution in [1.29, 1.82) is 0 Å². The van der Waals surface area contributed by atoms with Gasteiger partial charge in [0.1, 0.15) is 11.3 Å². The number of fused-ring (bicyclic) bond motifs is 1. The van der Waals surface area contributed by atoms with E-state index in [0.29, 0.717) is 11.2 Å². The summed E-state index contributed by atoms with van der Waals surface area (Å²) < 4.78 is 2.09. The first kappa shape index (κ1) is 20.3. The molecule has 2 fully saturated rings. The number of rotatable bonds is 4. The lowest BCUT2D eigenvalue weighted by molar-refractivity contribution is -0.0282. The zero-order chi connectivity index (χ0) is 22.4. The van der Waals surface area contributed by atoms with E-state index in [-0.39, 0.29) is 0 Å². The number of nitrogens with two attached hydrogens (primary N) is 1. The normalized spacial score (nSPS) is 18.0. The first-order valence-corrected chi connectivity index (χ1v) is 11.7. The van der Waals surface area contributed by atoms with Crippen molar-refractivity contribution in [3.8, 4) is 17.1 Å². The minimum atomic E-state index is 0.465. The molecule has 1 aromatic carbocycles. The van der Waals surface area contributed by atoms with Crippen LogP contribution in [0.25, 0.3) is 28.2 Å². The van der Waals surface area contributed by atoms with E-state index in [1.54, 1.807) is 6.20 Å². The van der Waals surface area contributed by atoms with Crippen LogP contribution in [0.3, 0.4) is 0 Å². The molecule has 3 aromatic heterocycles. The number of aryl methyl sites for hydroxylation is 1. The summed E-state index contributed by atoms with van der Waals surface area (Å²) in [6.45, 7) is 7.77. The van der Waals surface area contributed by atoms with Crippen LogP contribution in [-0.2, 0) is 6.54 Å². The van der Waals surface area contributed by atoms with Crippen molar-refractivity contribution in [3.63, 3.8) is 0 Å². The van der Waals surface area contributed by atoms with Gasteiger partial charge in [0.2, 0.25) is 0 Å². The van der Waals surface area contributed by atoms with Gasteiger partial charge in [-0.1, -0.05) is 12.1 Å². The lowest BCUT2D eigenvalue weighted by atomic mass is 9.72. The Balaban J connectivity index is 1.31. The predicted molar refractivity (Wildman–Crippen MR) is 131 cm³/mol. The molecule has 2 saturated heterocycles. The Morgan fingerprint density at radius 1 is 1.00 bits per heavy atom. The molecule has 0 unspecified atom stereocenters. The van der Waals surface area contributed by atoms with E-state index < -0.39 is 0 Å². The minimum Gasteiger partial charge on any atom is -0.383 e. The molecule has 3 N–H and O–H groups in total. The molecule has 0 amide bonds. The maximum Gasteiger partial charge on any atom is 0.165 e. The summed E-state index contributed by atoms with van der Waals surface area (Å²) in [5, 5.41) is 3.49. The molecule has 0 saturated carbocycles. The summed E-state index contributed by atoms with van der Waals surface area (Å²) in [6, 6.07) is 16.6. The van der Waals surface area contributed by atoms with Crippen LogP contribution in [0.4, 0.5) is 5.82 Å². The number of hydrogen-bond donors (Lipinski definition) is 2. The Morgan fingerprint density at radius 3 is 2.55 bits per heavy atom. The van der Waals surface area contributed by atoms with Crippen LogP contribution in [0, 0.1) is 12.3 Å². The predicted octanol–water partition coefficient (Wildman–Crippen LogP) is 3.56. The van der Waals surface area contributed by atoms with Gasteiger partial charge in [0.05, 0.1) is 5.56 Å². The van der Waals surface area contributed by atoms with E-state index in [9.17, 15) is 0 Å². The second-order valence-electron chi connectivity index (χ2n) is 9.56. The molecule has 6 rings (SSSR count). The van der Waals surface area contributed by atoms with Gasteiger partial charge in [-0.05, 0) is 80.2 Å². The molecule has 0 radical (unpaired) electrons. The lowest BCUT2D eigenvalue weighted by Gasteiger charge is -2.52. The molecular weight excluding hydrogens is 410 g/mol. The third kappa shape index (κ3) is 3.67. The third-order valence-electron chi connectivity index (χ3n) is 7.11. The maximum absolute atomic E-state index is 6.22. The molecule has 2 aliphatic heterocycles. The fraction of sp³-hybridized carbons (Fsp3) is 0.346. The Kier molecular flexibility index (Phi) is 4.89. The van der Waals surface area contributed by atoms with Gasteiger partial charge in [0, 0.05) is 37.2 Å². The van der Waals surface area contributed by atoms with Gasteiger partial charge in [-0.2, -0.15) is 0 Å². The van der Waals surface area contributed by atoms with E-state index in [1.807, 2.05) is 31.2 Å². The van der Waals surface area contributed by atoms with Crippen LogP contribution in [0.5, 0.6) is 0 Å². The topological polar surface area (TPSA) is 84.9 Å². The smallest absolute Gasteiger partial charge is 0.165 e. The van der Waals surface area contributed by atoms with E-state index in [0.717, 1.165) is 40.5 Å². The van der Waals surface area contributed by atoms with Crippen LogP contribution in [0.2, 0.25) is 0 Å². The Labute approximate surface area is 193 Å². The number of likely N-dealkylation sites (tertiary alicyclic amines) is 1. The highest BCUT2D eigenvalue weighted by Crippen LogP contribution is 2.39. The van der Waals surface area contributed by atoms with Crippen LogP contribution < -0.4 is 11.1 Å². The fourth-order valence-electron chi connectivity index (χ4n) is 5.38. The molecule has 0 aliphatic carbocycles. The number of benzene rings is 1. The SMILES string of the molecule is Cc1ccc2nc(-c3cccnc3N)n(-c3ccc(CN4CC5(CCNCC5)C4)cc3)c2n1. The lowest BCUT2D eigenvalue weighted by Crippen LogP contribution is -2.59. The summed E-state index contributed by atoms with van der Waals surface area (Å²) in [4.78, 5) is 16.5. The number of hydrogen-bond acceptors (Lipinski definition) is 6. The number of nitrogens with zero attached hydrogens (tertiary/aromatic N) is 5. The highest BCUT2D eigenvalue weighted by molar-refractivity contribution is 5.82. The van der Waals surface area contributed by atoms with Gasteiger partial charge >= 0.3 is 0 Å². The maximum atomic E-state index is 6.22.